The number of benzene rings is 2. The summed E-state index contributed by atoms with van der Waals surface area (Å²) in [7, 11) is 0. The zero-order chi connectivity index (χ0) is 20.3. The van der Waals surface area contributed by atoms with Crippen molar-refractivity contribution in [3.63, 3.8) is 0 Å². The van der Waals surface area contributed by atoms with Gasteiger partial charge in [0.2, 0.25) is 0 Å². The number of fused-ring (bicyclic) bond motifs is 1. The third-order valence-corrected chi connectivity index (χ3v) is 5.90. The fraction of sp³-hybridized carbons (Fsp3) is 0.458. The molecule has 1 amide bonds. The Labute approximate surface area is 173 Å². The van der Waals surface area contributed by atoms with Crippen molar-refractivity contribution in [2.75, 3.05) is 25.1 Å². The van der Waals surface area contributed by atoms with Gasteiger partial charge in [-0.1, -0.05) is 43.7 Å². The minimum Gasteiger partial charge on any atom is -0.493 e. The predicted molar refractivity (Wildman–Crippen MR) is 114 cm³/mol. The van der Waals surface area contributed by atoms with Gasteiger partial charge in [-0.15, -0.1) is 0 Å². The first kappa shape index (κ1) is 19.8. The van der Waals surface area contributed by atoms with Gasteiger partial charge in [-0.05, 0) is 44.4 Å². The summed E-state index contributed by atoms with van der Waals surface area (Å²) < 4.78 is 12.0. The topological polar surface area (TPSA) is 50.8 Å². The number of anilines is 1. The zero-order valence-corrected chi connectivity index (χ0v) is 17.3. The van der Waals surface area contributed by atoms with Crippen LogP contribution >= 0.6 is 0 Å². The smallest absolute Gasteiger partial charge is 0.258 e. The Bertz CT molecular complexity index is 863. The number of amides is 1. The number of unbranched alkanes of at least 4 members (excludes halogenated alkanes) is 1. The molecule has 0 spiro atoms. The molecule has 0 radical (unpaired) electrons. The number of para-hydroxylation sites is 2. The summed E-state index contributed by atoms with van der Waals surface area (Å²) in [5, 5.41) is 3.64. The fourth-order valence-corrected chi connectivity index (χ4v) is 4.25. The number of carbonyl (C=O) groups is 1. The molecule has 2 aliphatic rings. The van der Waals surface area contributed by atoms with E-state index in [1.807, 2.05) is 47.4 Å². The molecule has 29 heavy (non-hydrogen) atoms. The molecule has 4 rings (SSSR count). The van der Waals surface area contributed by atoms with E-state index in [0.717, 1.165) is 49.3 Å². The third-order valence-electron chi connectivity index (χ3n) is 5.90. The van der Waals surface area contributed by atoms with E-state index in [4.69, 9.17) is 9.47 Å². The molecule has 2 atom stereocenters. The SMILES string of the molecule is CCCCOc1ccccc1C1(C)Nc2ccccc2C(=O)N1CC1CCCO1. The highest BCUT2D eigenvalue weighted by Gasteiger charge is 2.45. The molecule has 2 unspecified atom stereocenters. The predicted octanol–water partition coefficient (Wildman–Crippen LogP) is 4.79. The minimum absolute atomic E-state index is 0.0284. The molecular formula is C24H30N2O3. The monoisotopic (exact) mass is 394 g/mol. The van der Waals surface area contributed by atoms with E-state index in [1.54, 1.807) is 0 Å². The molecule has 1 N–H and O–H groups in total. The van der Waals surface area contributed by atoms with Gasteiger partial charge in [0, 0.05) is 24.4 Å². The van der Waals surface area contributed by atoms with Gasteiger partial charge in [0.25, 0.3) is 5.91 Å². The van der Waals surface area contributed by atoms with Crippen molar-refractivity contribution >= 4 is 11.6 Å². The highest BCUT2D eigenvalue weighted by molar-refractivity contribution is 6.02. The maximum absolute atomic E-state index is 13.6. The van der Waals surface area contributed by atoms with Crippen LogP contribution in [0.3, 0.4) is 0 Å². The molecule has 154 valence electrons. The lowest BCUT2D eigenvalue weighted by atomic mass is 9.92. The van der Waals surface area contributed by atoms with Crippen molar-refractivity contribution in [3.8, 4) is 5.75 Å². The van der Waals surface area contributed by atoms with Crippen LogP contribution in [0.5, 0.6) is 5.75 Å². The Morgan fingerprint density at radius 1 is 1.21 bits per heavy atom. The van der Waals surface area contributed by atoms with Crippen LogP contribution < -0.4 is 10.1 Å². The molecule has 1 saturated heterocycles. The quantitative estimate of drug-likeness (QED) is 0.687. The molecule has 2 aliphatic heterocycles. The van der Waals surface area contributed by atoms with E-state index in [9.17, 15) is 4.79 Å². The molecule has 0 aliphatic carbocycles. The van der Waals surface area contributed by atoms with Crippen molar-refractivity contribution < 1.29 is 14.3 Å². The van der Waals surface area contributed by atoms with Crippen LogP contribution in [0.4, 0.5) is 5.69 Å². The van der Waals surface area contributed by atoms with E-state index in [-0.39, 0.29) is 12.0 Å². The van der Waals surface area contributed by atoms with Crippen molar-refractivity contribution in [2.45, 2.75) is 51.3 Å². The first-order chi connectivity index (χ1) is 14.1. The summed E-state index contributed by atoms with van der Waals surface area (Å²) in [5.74, 6) is 0.848. The average molecular weight is 395 g/mol. The van der Waals surface area contributed by atoms with Crippen molar-refractivity contribution in [1.82, 2.24) is 4.90 Å². The van der Waals surface area contributed by atoms with Crippen LogP contribution in [0.1, 0.15) is 55.5 Å². The van der Waals surface area contributed by atoms with Gasteiger partial charge in [0.15, 0.2) is 0 Å². The van der Waals surface area contributed by atoms with Gasteiger partial charge in [0.1, 0.15) is 11.4 Å². The van der Waals surface area contributed by atoms with Crippen LogP contribution in [0.25, 0.3) is 0 Å². The minimum atomic E-state index is -0.722. The van der Waals surface area contributed by atoms with Gasteiger partial charge in [-0.3, -0.25) is 4.79 Å². The van der Waals surface area contributed by atoms with E-state index in [0.29, 0.717) is 18.7 Å². The average Bonchev–Trinajstić information content (AvgIpc) is 3.25. The lowest BCUT2D eigenvalue weighted by Gasteiger charge is -2.47. The largest absolute Gasteiger partial charge is 0.493 e. The van der Waals surface area contributed by atoms with Gasteiger partial charge >= 0.3 is 0 Å². The summed E-state index contributed by atoms with van der Waals surface area (Å²) in [4.78, 5) is 15.5. The normalized spacial score (nSPS) is 23.6. The van der Waals surface area contributed by atoms with Gasteiger partial charge in [0.05, 0.1) is 18.3 Å². The molecular weight excluding hydrogens is 364 g/mol. The summed E-state index contributed by atoms with van der Waals surface area (Å²) >= 11 is 0. The molecule has 1 fully saturated rings. The molecule has 2 aromatic carbocycles. The van der Waals surface area contributed by atoms with Gasteiger partial charge < -0.3 is 19.7 Å². The Morgan fingerprint density at radius 2 is 2.00 bits per heavy atom. The Balaban J connectivity index is 1.75. The first-order valence-electron chi connectivity index (χ1n) is 10.7. The second-order valence-corrected chi connectivity index (χ2v) is 7.99. The fourth-order valence-electron chi connectivity index (χ4n) is 4.25. The molecule has 5 nitrogen and oxygen atoms in total. The number of nitrogens with one attached hydrogen (secondary N) is 1. The third kappa shape index (κ3) is 3.84. The summed E-state index contributed by atoms with van der Waals surface area (Å²) in [6, 6.07) is 15.8. The molecule has 2 aromatic rings. The van der Waals surface area contributed by atoms with Gasteiger partial charge in [-0.2, -0.15) is 0 Å². The Morgan fingerprint density at radius 3 is 2.79 bits per heavy atom. The molecule has 2 heterocycles. The second-order valence-electron chi connectivity index (χ2n) is 7.99. The zero-order valence-electron chi connectivity index (χ0n) is 17.3. The lowest BCUT2D eigenvalue weighted by molar-refractivity contribution is 0.0236. The lowest BCUT2D eigenvalue weighted by Crippen LogP contribution is -2.57. The van der Waals surface area contributed by atoms with Crippen molar-refractivity contribution in [2.24, 2.45) is 0 Å². The van der Waals surface area contributed by atoms with Crippen molar-refractivity contribution in [3.05, 3.63) is 59.7 Å². The maximum atomic E-state index is 13.6. The molecule has 0 aromatic heterocycles. The van der Waals surface area contributed by atoms with Gasteiger partial charge in [-0.25, -0.2) is 0 Å². The van der Waals surface area contributed by atoms with Crippen LogP contribution in [0.15, 0.2) is 48.5 Å². The second kappa shape index (κ2) is 8.46. The Hall–Kier alpha value is -2.53. The van der Waals surface area contributed by atoms with E-state index >= 15 is 0 Å². The molecule has 0 bridgehead atoms. The summed E-state index contributed by atoms with van der Waals surface area (Å²) in [6.07, 6.45) is 4.17. The number of nitrogens with zero attached hydrogens (tertiary/aromatic N) is 1. The summed E-state index contributed by atoms with van der Waals surface area (Å²) in [5.41, 5.74) is 1.80. The number of hydrogen-bond acceptors (Lipinski definition) is 4. The van der Waals surface area contributed by atoms with E-state index in [1.165, 1.54) is 0 Å². The van der Waals surface area contributed by atoms with E-state index < -0.39 is 5.66 Å². The Kier molecular flexibility index (Phi) is 5.76. The number of rotatable bonds is 7. The highest BCUT2D eigenvalue weighted by Crippen LogP contribution is 2.41. The van der Waals surface area contributed by atoms with Crippen molar-refractivity contribution in [1.29, 1.82) is 0 Å². The standard InChI is InChI=1S/C24H30N2O3/c1-3-4-15-29-22-14-8-6-12-20(22)24(2)25-21-13-7-5-11-19(21)23(27)26(24)17-18-10-9-16-28-18/h5-8,11-14,18,25H,3-4,9-10,15-17H2,1-2H3. The number of carbonyl (C=O) groups excluding carboxylic acids is 1. The van der Waals surface area contributed by atoms with Crippen LogP contribution in [-0.4, -0.2) is 36.7 Å². The molecule has 0 saturated carbocycles. The summed E-state index contributed by atoms with van der Waals surface area (Å²) in [6.45, 7) is 6.21. The van der Waals surface area contributed by atoms with Crippen LogP contribution in [0, 0.1) is 0 Å². The highest BCUT2D eigenvalue weighted by atomic mass is 16.5. The maximum Gasteiger partial charge on any atom is 0.258 e. The van der Waals surface area contributed by atoms with Crippen LogP contribution in [-0.2, 0) is 10.4 Å². The number of hydrogen-bond donors (Lipinski definition) is 1. The number of ether oxygens (including phenoxy) is 2. The van der Waals surface area contributed by atoms with E-state index in [2.05, 4.69) is 25.2 Å². The van der Waals surface area contributed by atoms with Crippen LogP contribution in [0.2, 0.25) is 0 Å². The molecule has 5 heteroatoms. The first-order valence-corrected chi connectivity index (χ1v) is 10.7.